The number of nitrogens with zero attached hydrogens (tertiary/aromatic N) is 1. The Labute approximate surface area is 351 Å². The third-order valence-electron chi connectivity index (χ3n) is 9.77. The molecule has 0 spiro atoms. The Kier molecular flexibility index (Phi) is 19.1. The maximum absolute atomic E-state index is 14.2. The lowest BCUT2D eigenvalue weighted by molar-refractivity contribution is -0.145. The average molecular weight is 854 g/mol. The molecule has 0 unspecified atom stereocenters. The van der Waals surface area contributed by atoms with Crippen molar-refractivity contribution in [1.82, 2.24) is 31.5 Å². The van der Waals surface area contributed by atoms with Crippen molar-refractivity contribution in [2.75, 3.05) is 13.1 Å². The van der Waals surface area contributed by atoms with Crippen LogP contribution in [0.25, 0.3) is 0 Å². The Hall–Kier alpha value is -6.61. The summed E-state index contributed by atoms with van der Waals surface area (Å²) in [5.74, 6) is -9.27. The van der Waals surface area contributed by atoms with Gasteiger partial charge in [-0.25, -0.2) is 4.79 Å². The van der Waals surface area contributed by atoms with Gasteiger partial charge in [0.05, 0.1) is 18.9 Å². The van der Waals surface area contributed by atoms with Crippen molar-refractivity contribution in [3.8, 4) is 5.75 Å². The number of carboxylic acid groups (broad SMARTS) is 2. The number of likely N-dealkylation sites (tertiary alicyclic amines) is 1. The van der Waals surface area contributed by atoms with Crippen LogP contribution in [0.4, 0.5) is 0 Å². The van der Waals surface area contributed by atoms with Gasteiger partial charge < -0.3 is 64.0 Å². The zero-order chi connectivity index (χ0) is 45.2. The number of amides is 7. The van der Waals surface area contributed by atoms with Crippen molar-refractivity contribution in [1.29, 1.82) is 0 Å². The second kappa shape index (κ2) is 23.8. The number of primary amides is 1. The minimum Gasteiger partial charge on any atom is -0.508 e. The molecule has 3 rings (SSSR count). The van der Waals surface area contributed by atoms with Crippen LogP contribution >= 0.6 is 0 Å². The summed E-state index contributed by atoms with van der Waals surface area (Å²) in [4.78, 5) is 119. The van der Waals surface area contributed by atoms with Crippen LogP contribution in [0, 0.1) is 0 Å². The van der Waals surface area contributed by atoms with Crippen molar-refractivity contribution >= 4 is 53.3 Å². The number of carbonyl (C=O) groups excluding carboxylic acids is 7. The second-order valence-electron chi connectivity index (χ2n) is 14.7. The maximum Gasteiger partial charge on any atom is 0.326 e. The highest BCUT2D eigenvalue weighted by molar-refractivity contribution is 5.99. The molecule has 1 fully saturated rings. The summed E-state index contributed by atoms with van der Waals surface area (Å²) < 4.78 is 0. The van der Waals surface area contributed by atoms with Crippen LogP contribution in [0.3, 0.4) is 0 Å². The number of aromatic hydroxyl groups is 1. The van der Waals surface area contributed by atoms with Crippen LogP contribution in [0.2, 0.25) is 0 Å². The van der Waals surface area contributed by atoms with E-state index >= 15 is 0 Å². The number of nitrogens with one attached hydrogen (secondary N) is 5. The lowest BCUT2D eigenvalue weighted by Crippen LogP contribution is -2.60. The lowest BCUT2D eigenvalue weighted by atomic mass is 10.0. The molecule has 1 aliphatic rings. The fourth-order valence-electron chi connectivity index (χ4n) is 6.56. The van der Waals surface area contributed by atoms with Gasteiger partial charge in [-0.15, -0.1) is 0 Å². The van der Waals surface area contributed by atoms with E-state index in [0.717, 1.165) is 4.90 Å². The molecule has 0 radical (unpaired) electrons. The molecule has 61 heavy (non-hydrogen) atoms. The molecule has 7 atom stereocenters. The minimum atomic E-state index is -1.65. The smallest absolute Gasteiger partial charge is 0.326 e. The summed E-state index contributed by atoms with van der Waals surface area (Å²) in [5.41, 5.74) is 17.6. The number of phenolic OH excluding ortho intramolecular Hbond substituents is 1. The Balaban J connectivity index is 1.93. The van der Waals surface area contributed by atoms with E-state index in [4.69, 9.17) is 17.2 Å². The van der Waals surface area contributed by atoms with E-state index in [9.17, 15) is 58.5 Å². The number of hydrogen-bond acceptors (Lipinski definition) is 12. The number of benzene rings is 2. The predicted octanol–water partition coefficient (Wildman–Crippen LogP) is -2.50. The molecular formula is C40H55N9O12. The third kappa shape index (κ3) is 15.8. The molecule has 7 amide bonds. The Morgan fingerprint density at radius 1 is 0.705 bits per heavy atom. The number of phenols is 1. The Morgan fingerprint density at radius 3 is 1.77 bits per heavy atom. The van der Waals surface area contributed by atoms with E-state index in [1.165, 1.54) is 31.2 Å². The molecule has 21 heteroatoms. The minimum absolute atomic E-state index is 0.0228. The monoisotopic (exact) mass is 853 g/mol. The van der Waals surface area contributed by atoms with E-state index in [1.54, 1.807) is 30.3 Å². The first-order valence-electron chi connectivity index (χ1n) is 19.7. The van der Waals surface area contributed by atoms with Crippen molar-refractivity contribution < 1.29 is 58.5 Å². The van der Waals surface area contributed by atoms with Crippen LogP contribution in [0.1, 0.15) is 63.0 Å². The normalized spacial score (nSPS) is 16.4. The molecular weight excluding hydrogens is 798 g/mol. The van der Waals surface area contributed by atoms with Crippen LogP contribution in [-0.2, 0) is 56.0 Å². The molecule has 21 nitrogen and oxygen atoms in total. The number of aliphatic carboxylic acids is 2. The number of hydrogen-bond donors (Lipinski definition) is 11. The second-order valence-corrected chi connectivity index (χ2v) is 14.7. The predicted molar refractivity (Wildman–Crippen MR) is 217 cm³/mol. The first-order chi connectivity index (χ1) is 28.9. The van der Waals surface area contributed by atoms with Gasteiger partial charge >= 0.3 is 11.9 Å². The first kappa shape index (κ1) is 48.8. The topological polar surface area (TPSA) is 356 Å². The molecule has 2 aromatic rings. The van der Waals surface area contributed by atoms with E-state index < -0.39 is 108 Å². The Morgan fingerprint density at radius 2 is 1.25 bits per heavy atom. The standard InChI is InChI=1S/C40H55N9O12/c1-22(42)34(54)45-29(21-33(52)53)37(57)47-27(18-23-8-3-2-4-9-23)35(55)46-28(19-24-12-14-25(50)15-13-24)36(56)48-30(20-32(43)51)39(59)49-17-7-11-31(49)38(58)44-26(40(60)61)10-5-6-16-41/h2-4,8-9,12-15,22,26-31,50H,5-7,10-11,16-21,41-42H2,1H3,(H2,43,51)(H,44,58)(H,45,54)(H,46,55)(H,47,57)(H,48,56)(H,52,53)(H,60,61)/t22-,26-,27-,28-,29-,30-,31-/m0/s1. The van der Waals surface area contributed by atoms with Gasteiger partial charge in [0, 0.05) is 19.4 Å². The van der Waals surface area contributed by atoms with Crippen LogP contribution in [0.5, 0.6) is 5.75 Å². The van der Waals surface area contributed by atoms with Gasteiger partial charge in [-0.3, -0.25) is 38.4 Å². The van der Waals surface area contributed by atoms with Gasteiger partial charge in [-0.2, -0.15) is 0 Å². The van der Waals surface area contributed by atoms with E-state index in [1.807, 2.05) is 0 Å². The van der Waals surface area contributed by atoms with Crippen LogP contribution in [0.15, 0.2) is 54.6 Å². The largest absolute Gasteiger partial charge is 0.508 e. The van der Waals surface area contributed by atoms with Crippen molar-refractivity contribution in [3.05, 3.63) is 65.7 Å². The molecule has 332 valence electrons. The highest BCUT2D eigenvalue weighted by Gasteiger charge is 2.40. The fraction of sp³-hybridized carbons (Fsp3) is 0.475. The van der Waals surface area contributed by atoms with Crippen LogP contribution in [-0.4, -0.2) is 129 Å². The molecule has 0 aromatic heterocycles. The van der Waals surface area contributed by atoms with Crippen molar-refractivity contribution in [3.63, 3.8) is 0 Å². The highest BCUT2D eigenvalue weighted by Crippen LogP contribution is 2.21. The average Bonchev–Trinajstić information content (AvgIpc) is 3.70. The first-order valence-corrected chi connectivity index (χ1v) is 19.7. The van der Waals surface area contributed by atoms with Gasteiger partial charge in [0.1, 0.15) is 42.0 Å². The lowest BCUT2D eigenvalue weighted by Gasteiger charge is -2.30. The highest BCUT2D eigenvalue weighted by atomic mass is 16.4. The SMILES string of the molecule is C[C@H](N)C(=O)N[C@@H](CC(=O)O)C(=O)N[C@@H](Cc1ccccc1)C(=O)N[C@@H](Cc1ccc(O)cc1)C(=O)N[C@@H](CC(N)=O)C(=O)N1CCC[C@H]1C(=O)N[C@@H](CCCCN)C(=O)O. The number of unbranched alkanes of at least 4 members (excludes halogenated alkanes) is 1. The summed E-state index contributed by atoms with van der Waals surface area (Å²) in [6.07, 6.45) is -0.491. The quantitative estimate of drug-likeness (QED) is 0.0487. The van der Waals surface area contributed by atoms with Crippen molar-refractivity contribution in [2.45, 2.75) is 107 Å². The summed E-state index contributed by atoms with van der Waals surface area (Å²) in [5, 5.41) is 41.2. The molecule has 14 N–H and O–H groups in total. The number of carboxylic acids is 2. The molecule has 2 aromatic carbocycles. The van der Waals surface area contributed by atoms with Gasteiger partial charge in [-0.1, -0.05) is 42.5 Å². The van der Waals surface area contributed by atoms with Crippen molar-refractivity contribution in [2.24, 2.45) is 17.2 Å². The fourth-order valence-corrected chi connectivity index (χ4v) is 6.56. The summed E-state index contributed by atoms with van der Waals surface area (Å²) in [6, 6.07) is 4.09. The van der Waals surface area contributed by atoms with Gasteiger partial charge in [0.15, 0.2) is 0 Å². The zero-order valence-corrected chi connectivity index (χ0v) is 33.7. The summed E-state index contributed by atoms with van der Waals surface area (Å²) in [7, 11) is 0. The van der Waals surface area contributed by atoms with E-state index in [2.05, 4.69) is 26.6 Å². The zero-order valence-electron chi connectivity index (χ0n) is 33.7. The van der Waals surface area contributed by atoms with E-state index in [-0.39, 0.29) is 38.0 Å². The van der Waals surface area contributed by atoms with Gasteiger partial charge in [0.2, 0.25) is 41.4 Å². The molecule has 0 saturated carbocycles. The molecule has 1 aliphatic heterocycles. The molecule has 0 bridgehead atoms. The summed E-state index contributed by atoms with van der Waals surface area (Å²) >= 11 is 0. The van der Waals surface area contributed by atoms with Gasteiger partial charge in [-0.05, 0) is 68.8 Å². The van der Waals surface area contributed by atoms with Gasteiger partial charge in [0.25, 0.3) is 0 Å². The molecule has 1 saturated heterocycles. The van der Waals surface area contributed by atoms with E-state index in [0.29, 0.717) is 36.9 Å². The maximum atomic E-state index is 14.2. The molecule has 1 heterocycles. The van der Waals surface area contributed by atoms with Crippen LogP contribution < -0.4 is 43.8 Å². The number of rotatable bonds is 24. The Bertz CT molecular complexity index is 1880. The summed E-state index contributed by atoms with van der Waals surface area (Å²) in [6.45, 7) is 1.67. The number of nitrogens with two attached hydrogens (primary N) is 3. The molecule has 0 aliphatic carbocycles. The third-order valence-corrected chi connectivity index (χ3v) is 9.77. The number of carbonyl (C=O) groups is 9.